The average Bonchev–Trinajstić information content (AvgIpc) is 2.28. The summed E-state index contributed by atoms with van der Waals surface area (Å²) in [7, 11) is 2.10. The minimum Gasteiger partial charge on any atom is -0.374 e. The van der Waals surface area contributed by atoms with E-state index in [1.165, 1.54) is 15.7 Å². The summed E-state index contributed by atoms with van der Waals surface area (Å²) in [6, 6.07) is 6.98. The van der Waals surface area contributed by atoms with Gasteiger partial charge in [-0.25, -0.2) is 0 Å². The minimum atomic E-state index is 0.405. The van der Waals surface area contributed by atoms with E-state index < -0.39 is 0 Å². The van der Waals surface area contributed by atoms with E-state index in [1.807, 2.05) is 0 Å². The number of halogens is 1. The fraction of sp³-hybridized carbons (Fsp3) is 0.538. The quantitative estimate of drug-likeness (QED) is 0.889. The third kappa shape index (κ3) is 3.22. The van der Waals surface area contributed by atoms with Crippen LogP contribution in [-0.4, -0.2) is 20.1 Å². The summed E-state index contributed by atoms with van der Waals surface area (Å²) >= 11 is 3.64. The topological polar surface area (TPSA) is 15.3 Å². The number of hydrogen-bond donors (Lipinski definition) is 1. The van der Waals surface area contributed by atoms with Crippen LogP contribution in [0.15, 0.2) is 22.7 Å². The monoisotopic (exact) mass is 284 g/mol. The molecule has 0 aliphatic carbocycles. The number of nitrogens with one attached hydrogen (secondary N) is 1. The van der Waals surface area contributed by atoms with E-state index in [0.29, 0.717) is 6.04 Å². The molecule has 1 aromatic rings. The predicted molar refractivity (Wildman–Crippen MR) is 75.2 cm³/mol. The number of hydrogen-bond acceptors (Lipinski definition) is 2. The Morgan fingerprint density at radius 3 is 2.56 bits per heavy atom. The molecule has 1 N–H and O–H groups in total. The summed E-state index contributed by atoms with van der Waals surface area (Å²) in [6.45, 7) is 8.48. The van der Waals surface area contributed by atoms with Crippen molar-refractivity contribution in [3.63, 3.8) is 0 Å². The summed E-state index contributed by atoms with van der Waals surface area (Å²) in [5.41, 5.74) is 2.57. The first-order valence-electron chi connectivity index (χ1n) is 5.84. The number of anilines is 1. The lowest BCUT2D eigenvalue weighted by atomic mass is 10.1. The Morgan fingerprint density at radius 1 is 1.38 bits per heavy atom. The molecule has 0 aliphatic rings. The Balaban J connectivity index is 2.90. The van der Waals surface area contributed by atoms with Crippen molar-refractivity contribution >= 4 is 21.6 Å². The van der Waals surface area contributed by atoms with Crippen molar-refractivity contribution in [2.45, 2.75) is 26.8 Å². The second-order valence-electron chi connectivity index (χ2n) is 4.00. The predicted octanol–water partition coefficient (Wildman–Crippen LogP) is 3.58. The smallest absolute Gasteiger partial charge is 0.0508 e. The van der Waals surface area contributed by atoms with Gasteiger partial charge in [0, 0.05) is 24.1 Å². The lowest BCUT2D eigenvalue weighted by molar-refractivity contribution is 0.598. The lowest BCUT2D eigenvalue weighted by Gasteiger charge is -2.20. The summed E-state index contributed by atoms with van der Waals surface area (Å²) in [4.78, 5) is 2.23. The van der Waals surface area contributed by atoms with E-state index in [1.54, 1.807) is 0 Å². The largest absolute Gasteiger partial charge is 0.374 e. The average molecular weight is 285 g/mol. The van der Waals surface area contributed by atoms with Gasteiger partial charge in [-0.2, -0.15) is 0 Å². The van der Waals surface area contributed by atoms with Crippen LogP contribution in [-0.2, 0) is 0 Å². The molecule has 1 aromatic carbocycles. The van der Waals surface area contributed by atoms with Gasteiger partial charge in [0.1, 0.15) is 0 Å². The second-order valence-corrected chi connectivity index (χ2v) is 4.86. The molecule has 2 nitrogen and oxygen atoms in total. The Morgan fingerprint density at radius 2 is 2.06 bits per heavy atom. The van der Waals surface area contributed by atoms with Crippen LogP contribution in [0, 0.1) is 0 Å². The zero-order valence-corrected chi connectivity index (χ0v) is 12.1. The Hall–Kier alpha value is -0.540. The van der Waals surface area contributed by atoms with Crippen LogP contribution < -0.4 is 10.2 Å². The first-order valence-corrected chi connectivity index (χ1v) is 6.63. The highest BCUT2D eigenvalue weighted by Gasteiger charge is 2.08. The van der Waals surface area contributed by atoms with Crippen LogP contribution in [0.25, 0.3) is 0 Å². The first kappa shape index (κ1) is 13.5. The van der Waals surface area contributed by atoms with Crippen LogP contribution in [0.1, 0.15) is 32.4 Å². The zero-order valence-electron chi connectivity index (χ0n) is 10.5. The van der Waals surface area contributed by atoms with E-state index >= 15 is 0 Å². The number of rotatable bonds is 5. The summed E-state index contributed by atoms with van der Waals surface area (Å²) in [6.07, 6.45) is 0. The molecule has 3 heteroatoms. The van der Waals surface area contributed by atoms with Gasteiger partial charge in [0.15, 0.2) is 0 Å². The van der Waals surface area contributed by atoms with Crippen LogP contribution >= 0.6 is 15.9 Å². The normalized spacial score (nSPS) is 12.6. The van der Waals surface area contributed by atoms with Gasteiger partial charge in [0.05, 0.1) is 5.69 Å². The molecular formula is C13H21BrN2. The highest BCUT2D eigenvalue weighted by molar-refractivity contribution is 9.10. The standard InChI is InChI=1S/C13H21BrN2/c1-5-15-10(3)11-7-8-13(12(14)9-11)16(4)6-2/h7-10,15H,5-6H2,1-4H3. The third-order valence-electron chi connectivity index (χ3n) is 2.87. The molecule has 0 bridgehead atoms. The van der Waals surface area contributed by atoms with Gasteiger partial charge < -0.3 is 10.2 Å². The van der Waals surface area contributed by atoms with Gasteiger partial charge in [-0.15, -0.1) is 0 Å². The van der Waals surface area contributed by atoms with Crippen molar-refractivity contribution in [3.05, 3.63) is 28.2 Å². The number of nitrogens with zero attached hydrogens (tertiary/aromatic N) is 1. The molecule has 0 heterocycles. The molecule has 0 saturated carbocycles. The van der Waals surface area contributed by atoms with E-state index in [9.17, 15) is 0 Å². The van der Waals surface area contributed by atoms with E-state index in [-0.39, 0.29) is 0 Å². The lowest BCUT2D eigenvalue weighted by Crippen LogP contribution is -2.19. The molecule has 0 aliphatic heterocycles. The maximum Gasteiger partial charge on any atom is 0.0508 e. The van der Waals surface area contributed by atoms with Crippen molar-refractivity contribution in [2.75, 3.05) is 25.0 Å². The molecule has 1 unspecified atom stereocenters. The third-order valence-corrected chi connectivity index (χ3v) is 3.50. The molecule has 0 fully saturated rings. The molecule has 0 saturated heterocycles. The van der Waals surface area contributed by atoms with Gasteiger partial charge in [0.2, 0.25) is 0 Å². The summed E-state index contributed by atoms with van der Waals surface area (Å²) in [5.74, 6) is 0. The van der Waals surface area contributed by atoms with Crippen LogP contribution in [0.2, 0.25) is 0 Å². The van der Waals surface area contributed by atoms with E-state index in [2.05, 4.69) is 72.2 Å². The molecule has 1 atom stereocenters. The van der Waals surface area contributed by atoms with Crippen molar-refractivity contribution in [2.24, 2.45) is 0 Å². The Labute approximate surface area is 107 Å². The van der Waals surface area contributed by atoms with Gasteiger partial charge >= 0.3 is 0 Å². The highest BCUT2D eigenvalue weighted by atomic mass is 79.9. The highest BCUT2D eigenvalue weighted by Crippen LogP contribution is 2.28. The first-order chi connectivity index (χ1) is 7.60. The van der Waals surface area contributed by atoms with Crippen molar-refractivity contribution in [1.29, 1.82) is 0 Å². The zero-order chi connectivity index (χ0) is 12.1. The minimum absolute atomic E-state index is 0.405. The maximum atomic E-state index is 3.64. The van der Waals surface area contributed by atoms with Gasteiger partial charge in [-0.05, 0) is 54.0 Å². The fourth-order valence-electron chi connectivity index (χ4n) is 1.70. The fourth-order valence-corrected chi connectivity index (χ4v) is 2.40. The van der Waals surface area contributed by atoms with Crippen molar-refractivity contribution in [1.82, 2.24) is 5.32 Å². The molecule has 16 heavy (non-hydrogen) atoms. The summed E-state index contributed by atoms with van der Waals surface area (Å²) in [5, 5.41) is 3.42. The van der Waals surface area contributed by atoms with Gasteiger partial charge in [0.25, 0.3) is 0 Å². The van der Waals surface area contributed by atoms with Gasteiger partial charge in [-0.1, -0.05) is 13.0 Å². The Bertz CT molecular complexity index is 339. The Kier molecular flexibility index (Phi) is 5.29. The molecule has 1 rings (SSSR count). The van der Waals surface area contributed by atoms with Crippen LogP contribution in [0.5, 0.6) is 0 Å². The van der Waals surface area contributed by atoms with Crippen molar-refractivity contribution in [3.8, 4) is 0 Å². The summed E-state index contributed by atoms with van der Waals surface area (Å²) < 4.78 is 1.17. The van der Waals surface area contributed by atoms with Crippen LogP contribution in [0.4, 0.5) is 5.69 Å². The molecule has 0 aromatic heterocycles. The second kappa shape index (κ2) is 6.26. The SMILES string of the molecule is CCNC(C)c1ccc(N(C)CC)c(Br)c1. The van der Waals surface area contributed by atoms with E-state index in [0.717, 1.165) is 13.1 Å². The maximum absolute atomic E-state index is 3.64. The number of benzene rings is 1. The molecular weight excluding hydrogens is 264 g/mol. The van der Waals surface area contributed by atoms with Crippen molar-refractivity contribution < 1.29 is 0 Å². The molecule has 0 amide bonds. The van der Waals surface area contributed by atoms with E-state index in [4.69, 9.17) is 0 Å². The van der Waals surface area contributed by atoms with Crippen LogP contribution in [0.3, 0.4) is 0 Å². The molecule has 90 valence electrons. The molecule has 0 spiro atoms. The van der Waals surface area contributed by atoms with Gasteiger partial charge in [-0.3, -0.25) is 0 Å². The molecule has 0 radical (unpaired) electrons.